The van der Waals surface area contributed by atoms with Crippen molar-refractivity contribution in [3.8, 4) is 5.88 Å². The highest BCUT2D eigenvalue weighted by molar-refractivity contribution is 9.10. The second-order valence-corrected chi connectivity index (χ2v) is 6.31. The molecule has 3 aromatic rings. The van der Waals surface area contributed by atoms with Gasteiger partial charge in [-0.3, -0.25) is 14.9 Å². The van der Waals surface area contributed by atoms with Crippen LogP contribution in [0.5, 0.6) is 5.88 Å². The number of carbonyl (C=O) groups excluding carboxylic acids is 1. The van der Waals surface area contributed by atoms with E-state index in [9.17, 15) is 20.0 Å². The van der Waals surface area contributed by atoms with Crippen LogP contribution in [0.2, 0.25) is 0 Å². The highest BCUT2D eigenvalue weighted by atomic mass is 79.9. The van der Waals surface area contributed by atoms with Gasteiger partial charge in [0.25, 0.3) is 11.6 Å². The topological polar surface area (TPSA) is 110 Å². The molecule has 0 radical (unpaired) electrons. The van der Waals surface area contributed by atoms with Gasteiger partial charge in [0, 0.05) is 28.5 Å². The van der Waals surface area contributed by atoms with Gasteiger partial charge in [-0.2, -0.15) is 0 Å². The van der Waals surface area contributed by atoms with E-state index in [1.54, 1.807) is 10.6 Å². The Bertz CT molecular complexity index is 1060. The lowest BCUT2D eigenvalue weighted by atomic mass is 10.2. The summed E-state index contributed by atoms with van der Waals surface area (Å²) in [4.78, 5) is 22.4. The van der Waals surface area contributed by atoms with Crippen molar-refractivity contribution in [3.05, 3.63) is 62.6 Å². The highest BCUT2D eigenvalue weighted by Gasteiger charge is 2.17. The van der Waals surface area contributed by atoms with Crippen LogP contribution in [0.4, 0.5) is 11.4 Å². The predicted octanol–water partition coefficient (Wildman–Crippen LogP) is 4.96. The molecule has 1 amide bonds. The Balaban J connectivity index is 2.02. The van der Waals surface area contributed by atoms with Gasteiger partial charge in [-0.1, -0.05) is 22.0 Å². The third kappa shape index (κ3) is 3.21. The Labute approximate surface area is 156 Å². The maximum atomic E-state index is 12.2. The van der Waals surface area contributed by atoms with E-state index in [4.69, 9.17) is 0 Å². The monoisotopic (exact) mass is 416 g/mol. The predicted molar refractivity (Wildman–Crippen MR) is 98.9 cm³/mol. The fourth-order valence-electron chi connectivity index (χ4n) is 2.62. The highest BCUT2D eigenvalue weighted by Crippen LogP contribution is 2.40. The fraction of sp³-hybridized carbons (Fsp3) is 0.118. The lowest BCUT2D eigenvalue weighted by Gasteiger charge is -2.01. The molecule has 1 N–H and O–H groups in total. The van der Waals surface area contributed by atoms with Crippen molar-refractivity contribution in [2.45, 2.75) is 13.5 Å². The zero-order valence-corrected chi connectivity index (χ0v) is 15.2. The molecule has 0 aliphatic carbocycles. The van der Waals surface area contributed by atoms with Crippen molar-refractivity contribution in [3.63, 3.8) is 0 Å². The normalized spacial score (nSPS) is 11.3. The molecule has 9 heteroatoms. The fourth-order valence-corrected chi connectivity index (χ4v) is 2.98. The van der Waals surface area contributed by atoms with E-state index in [1.165, 1.54) is 18.2 Å². The first-order valence-electron chi connectivity index (χ1n) is 7.63. The van der Waals surface area contributed by atoms with Crippen LogP contribution in [0.1, 0.15) is 17.3 Å². The van der Waals surface area contributed by atoms with E-state index in [1.807, 2.05) is 19.1 Å². The number of carbonyl (C=O) groups is 1. The number of aromatic hydroxyl groups is 1. The molecule has 0 fully saturated rings. The van der Waals surface area contributed by atoms with Crippen LogP contribution in [-0.4, -0.2) is 20.5 Å². The lowest BCUT2D eigenvalue weighted by molar-refractivity contribution is -0.384. The van der Waals surface area contributed by atoms with E-state index >= 15 is 0 Å². The minimum absolute atomic E-state index is 0.0443. The van der Waals surface area contributed by atoms with Gasteiger partial charge in [-0.25, -0.2) is 0 Å². The molecule has 1 aromatic heterocycles. The third-order valence-electron chi connectivity index (χ3n) is 3.83. The molecular weight excluding hydrogens is 404 g/mol. The molecule has 0 aliphatic rings. The minimum atomic E-state index is -0.736. The van der Waals surface area contributed by atoms with E-state index in [2.05, 4.69) is 26.2 Å². The first-order valence-corrected chi connectivity index (χ1v) is 8.43. The van der Waals surface area contributed by atoms with E-state index < -0.39 is 10.8 Å². The Kier molecular flexibility index (Phi) is 4.81. The number of aryl methyl sites for hydroxylation is 1. The molecule has 8 nitrogen and oxygen atoms in total. The van der Waals surface area contributed by atoms with Crippen LogP contribution in [0.3, 0.4) is 0 Å². The maximum absolute atomic E-state index is 12.2. The Hall–Kier alpha value is -3.07. The van der Waals surface area contributed by atoms with Crippen molar-refractivity contribution in [2.24, 2.45) is 10.2 Å². The number of non-ortho nitro benzene ring substituents is 1. The largest absolute Gasteiger partial charge is 0.493 e. The maximum Gasteiger partial charge on any atom is 0.295 e. The average Bonchev–Trinajstić information content (AvgIpc) is 2.89. The number of halogens is 1. The summed E-state index contributed by atoms with van der Waals surface area (Å²) in [5, 5.41) is 29.4. The van der Waals surface area contributed by atoms with E-state index in [-0.39, 0.29) is 22.8 Å². The van der Waals surface area contributed by atoms with Gasteiger partial charge in [0.15, 0.2) is 5.69 Å². The van der Waals surface area contributed by atoms with Crippen LogP contribution in [0, 0.1) is 10.1 Å². The zero-order chi connectivity index (χ0) is 18.8. The van der Waals surface area contributed by atoms with Crippen LogP contribution in [0.15, 0.2) is 57.2 Å². The van der Waals surface area contributed by atoms with Gasteiger partial charge in [-0.15, -0.1) is 10.2 Å². The molecule has 0 saturated heterocycles. The molecular formula is C17H13BrN4O4. The molecule has 0 saturated carbocycles. The number of azo groups is 1. The van der Waals surface area contributed by atoms with Crippen LogP contribution in [0.25, 0.3) is 10.9 Å². The number of hydrogen-bond donors (Lipinski definition) is 1. The summed E-state index contributed by atoms with van der Waals surface area (Å²) >= 11 is 3.37. The number of nitro benzene ring substituents is 1. The molecule has 0 unspecified atom stereocenters. The number of rotatable bonds is 4. The number of benzene rings is 2. The molecule has 26 heavy (non-hydrogen) atoms. The summed E-state index contributed by atoms with van der Waals surface area (Å²) in [5.74, 6) is -0.836. The smallest absolute Gasteiger partial charge is 0.295 e. The first-order chi connectivity index (χ1) is 12.4. The second kappa shape index (κ2) is 7.04. The molecule has 0 atom stereocenters. The minimum Gasteiger partial charge on any atom is -0.493 e. The number of nitro groups is 1. The summed E-state index contributed by atoms with van der Waals surface area (Å²) in [6, 6.07) is 10.7. The summed E-state index contributed by atoms with van der Waals surface area (Å²) in [7, 11) is 0. The lowest BCUT2D eigenvalue weighted by Crippen LogP contribution is -1.96. The van der Waals surface area contributed by atoms with Crippen molar-refractivity contribution in [1.29, 1.82) is 0 Å². The average molecular weight is 417 g/mol. The summed E-state index contributed by atoms with van der Waals surface area (Å²) < 4.78 is 2.44. The van der Waals surface area contributed by atoms with Crippen LogP contribution in [-0.2, 0) is 6.54 Å². The molecule has 1 heterocycles. The number of hydrogen-bond acceptors (Lipinski definition) is 5. The van der Waals surface area contributed by atoms with E-state index in [0.717, 1.165) is 16.1 Å². The first kappa shape index (κ1) is 17.7. The molecule has 132 valence electrons. The Morgan fingerprint density at radius 3 is 2.77 bits per heavy atom. The Morgan fingerprint density at radius 1 is 1.31 bits per heavy atom. The van der Waals surface area contributed by atoms with Crippen molar-refractivity contribution < 1.29 is 14.8 Å². The van der Waals surface area contributed by atoms with Gasteiger partial charge < -0.3 is 9.67 Å². The van der Waals surface area contributed by atoms with Crippen LogP contribution >= 0.6 is 15.9 Å². The Morgan fingerprint density at radius 2 is 2.08 bits per heavy atom. The molecule has 0 aliphatic heterocycles. The molecule has 3 rings (SSSR count). The van der Waals surface area contributed by atoms with Crippen molar-refractivity contribution in [1.82, 2.24) is 4.57 Å². The molecule has 0 bridgehead atoms. The quantitative estimate of drug-likeness (QED) is 0.367. The van der Waals surface area contributed by atoms with Gasteiger partial charge in [0.05, 0.1) is 16.0 Å². The number of amides is 1. The summed E-state index contributed by atoms with van der Waals surface area (Å²) in [6.07, 6.45) is 0. The number of nitrogens with zero attached hydrogens (tertiary/aromatic N) is 4. The van der Waals surface area contributed by atoms with Crippen molar-refractivity contribution in [2.75, 3.05) is 0 Å². The van der Waals surface area contributed by atoms with Gasteiger partial charge in [-0.05, 0) is 31.2 Å². The van der Waals surface area contributed by atoms with Crippen molar-refractivity contribution >= 4 is 44.1 Å². The zero-order valence-electron chi connectivity index (χ0n) is 13.6. The van der Waals surface area contributed by atoms with Gasteiger partial charge >= 0.3 is 0 Å². The van der Waals surface area contributed by atoms with Crippen LogP contribution < -0.4 is 0 Å². The summed E-state index contributed by atoms with van der Waals surface area (Å²) in [5.41, 5.74) is 0.759. The second-order valence-electron chi connectivity index (χ2n) is 5.39. The SMILES string of the molecule is CCn1c(O)c(N=NC(=O)c2cccc([N+](=O)[O-])c2)c2cc(Br)ccc21. The number of fused-ring (bicyclic) bond motifs is 1. The summed E-state index contributed by atoms with van der Waals surface area (Å²) in [6.45, 7) is 2.38. The molecule has 0 spiro atoms. The number of aromatic nitrogens is 1. The van der Waals surface area contributed by atoms with Gasteiger partial charge in [0.2, 0.25) is 5.88 Å². The van der Waals surface area contributed by atoms with Gasteiger partial charge in [0.1, 0.15) is 0 Å². The standard InChI is InChI=1S/C17H13BrN4O4/c1-2-21-14-7-6-11(18)9-13(14)15(17(21)24)19-20-16(23)10-4-3-5-12(8-10)22(25)26/h3-9,24H,2H2,1H3. The molecule has 2 aromatic carbocycles. The third-order valence-corrected chi connectivity index (χ3v) is 4.33. The van der Waals surface area contributed by atoms with E-state index in [0.29, 0.717) is 11.9 Å².